The molecule has 18 heavy (non-hydrogen) atoms. The maximum absolute atomic E-state index is 12.4. The van der Waals surface area contributed by atoms with Crippen LogP contribution in [0.2, 0.25) is 0 Å². The van der Waals surface area contributed by atoms with Gasteiger partial charge in [0.15, 0.2) is 5.43 Å². The second-order valence-electron chi connectivity index (χ2n) is 5.44. The zero-order valence-corrected chi connectivity index (χ0v) is 11.1. The number of carbonyl (C=O) groups excluding carboxylic acids is 1. The maximum Gasteiger partial charge on any atom is 0.259 e. The van der Waals surface area contributed by atoms with Crippen molar-refractivity contribution in [1.29, 1.82) is 0 Å². The molecule has 1 aliphatic rings. The van der Waals surface area contributed by atoms with Gasteiger partial charge in [-0.2, -0.15) is 0 Å². The molecule has 2 heterocycles. The summed E-state index contributed by atoms with van der Waals surface area (Å²) in [5, 5.41) is 0. The number of pyridine rings is 1. The van der Waals surface area contributed by atoms with Gasteiger partial charge in [-0.05, 0) is 25.2 Å². The Morgan fingerprint density at radius 2 is 2.11 bits per heavy atom. The molecule has 0 aliphatic carbocycles. The fraction of sp³-hybridized carbons (Fsp3) is 0.571. The minimum Gasteiger partial charge on any atom is -0.367 e. The maximum atomic E-state index is 12.4. The van der Waals surface area contributed by atoms with Crippen LogP contribution in [0.25, 0.3) is 0 Å². The predicted octanol–water partition coefficient (Wildman–Crippen LogP) is 1.88. The fourth-order valence-corrected chi connectivity index (χ4v) is 2.72. The standard InChI is InChI=1S/C14H20N2O2/c1-9-6-10(2)11(3)16(8-9)14(18)12-7-15-5-4-13(12)17/h4-5,7,9-11H,6,8H2,1-3H3,(H,15,17). The van der Waals surface area contributed by atoms with E-state index in [1.54, 1.807) is 6.20 Å². The van der Waals surface area contributed by atoms with Crippen LogP contribution in [0.5, 0.6) is 0 Å². The van der Waals surface area contributed by atoms with Crippen molar-refractivity contribution in [2.24, 2.45) is 11.8 Å². The summed E-state index contributed by atoms with van der Waals surface area (Å²) < 4.78 is 0. The average molecular weight is 248 g/mol. The summed E-state index contributed by atoms with van der Waals surface area (Å²) >= 11 is 0. The average Bonchev–Trinajstić information content (AvgIpc) is 2.33. The number of rotatable bonds is 1. The molecule has 0 saturated carbocycles. The summed E-state index contributed by atoms with van der Waals surface area (Å²) in [6, 6.07) is 1.59. The van der Waals surface area contributed by atoms with Crippen molar-refractivity contribution in [2.45, 2.75) is 33.2 Å². The van der Waals surface area contributed by atoms with E-state index in [0.717, 1.165) is 13.0 Å². The summed E-state index contributed by atoms with van der Waals surface area (Å²) in [5.41, 5.74) is 0.0301. The van der Waals surface area contributed by atoms with Crippen LogP contribution in [0.4, 0.5) is 0 Å². The Labute approximate surface area is 107 Å². The van der Waals surface area contributed by atoms with Crippen LogP contribution in [0.15, 0.2) is 23.3 Å². The van der Waals surface area contributed by atoms with Gasteiger partial charge in [-0.25, -0.2) is 0 Å². The van der Waals surface area contributed by atoms with Crippen LogP contribution in [-0.2, 0) is 0 Å². The van der Waals surface area contributed by atoms with Gasteiger partial charge in [0.25, 0.3) is 5.91 Å². The minimum absolute atomic E-state index is 0.150. The normalized spacial score (nSPS) is 28.2. The molecular weight excluding hydrogens is 228 g/mol. The number of aromatic nitrogens is 1. The molecule has 1 aromatic heterocycles. The van der Waals surface area contributed by atoms with Gasteiger partial charge in [0.1, 0.15) is 5.56 Å². The number of piperidine rings is 1. The summed E-state index contributed by atoms with van der Waals surface area (Å²) in [7, 11) is 0. The van der Waals surface area contributed by atoms with E-state index in [-0.39, 0.29) is 22.9 Å². The van der Waals surface area contributed by atoms with E-state index in [1.165, 1.54) is 12.3 Å². The molecule has 0 spiro atoms. The highest BCUT2D eigenvalue weighted by atomic mass is 16.2. The van der Waals surface area contributed by atoms with Crippen LogP contribution in [-0.4, -0.2) is 28.4 Å². The van der Waals surface area contributed by atoms with E-state index in [2.05, 4.69) is 25.8 Å². The first kappa shape index (κ1) is 12.9. The first-order valence-electron chi connectivity index (χ1n) is 6.48. The quantitative estimate of drug-likeness (QED) is 0.825. The molecular formula is C14H20N2O2. The summed E-state index contributed by atoms with van der Waals surface area (Å²) in [6.07, 6.45) is 4.18. The molecule has 0 aromatic carbocycles. The number of aromatic amines is 1. The number of likely N-dealkylation sites (tertiary alicyclic amines) is 1. The molecule has 3 atom stereocenters. The van der Waals surface area contributed by atoms with Crippen LogP contribution < -0.4 is 5.43 Å². The number of H-pyrrole nitrogens is 1. The molecule has 98 valence electrons. The molecule has 2 rings (SSSR count). The van der Waals surface area contributed by atoms with Crippen molar-refractivity contribution in [2.75, 3.05) is 6.54 Å². The van der Waals surface area contributed by atoms with E-state index >= 15 is 0 Å². The first-order chi connectivity index (χ1) is 8.50. The highest BCUT2D eigenvalue weighted by Gasteiger charge is 2.32. The van der Waals surface area contributed by atoms with Gasteiger partial charge < -0.3 is 9.88 Å². The first-order valence-corrected chi connectivity index (χ1v) is 6.48. The van der Waals surface area contributed by atoms with Gasteiger partial charge in [0.05, 0.1) is 0 Å². The largest absolute Gasteiger partial charge is 0.367 e. The van der Waals surface area contributed by atoms with Crippen LogP contribution in [0.3, 0.4) is 0 Å². The summed E-state index contributed by atoms with van der Waals surface area (Å²) in [5.74, 6) is 0.811. The lowest BCUT2D eigenvalue weighted by Crippen LogP contribution is -2.49. The van der Waals surface area contributed by atoms with E-state index in [0.29, 0.717) is 11.8 Å². The van der Waals surface area contributed by atoms with E-state index in [4.69, 9.17) is 0 Å². The molecule has 1 saturated heterocycles. The Morgan fingerprint density at radius 1 is 1.39 bits per heavy atom. The van der Waals surface area contributed by atoms with Gasteiger partial charge in [0, 0.05) is 31.0 Å². The Kier molecular flexibility index (Phi) is 3.55. The molecule has 1 aliphatic heterocycles. The van der Waals surface area contributed by atoms with Crippen molar-refractivity contribution in [3.63, 3.8) is 0 Å². The Bertz CT molecular complexity index is 495. The second-order valence-corrected chi connectivity index (χ2v) is 5.44. The summed E-state index contributed by atoms with van der Waals surface area (Å²) in [6.45, 7) is 7.11. The number of nitrogens with zero attached hydrogens (tertiary/aromatic N) is 1. The minimum atomic E-state index is -0.211. The van der Waals surface area contributed by atoms with Crippen molar-refractivity contribution in [3.05, 3.63) is 34.2 Å². The molecule has 1 N–H and O–H groups in total. The summed E-state index contributed by atoms with van der Waals surface area (Å²) in [4.78, 5) is 28.8. The van der Waals surface area contributed by atoms with Crippen molar-refractivity contribution in [3.8, 4) is 0 Å². The zero-order chi connectivity index (χ0) is 13.3. The van der Waals surface area contributed by atoms with Gasteiger partial charge in [-0.1, -0.05) is 13.8 Å². The topological polar surface area (TPSA) is 53.2 Å². The Balaban J connectivity index is 2.28. The van der Waals surface area contributed by atoms with Crippen LogP contribution in [0, 0.1) is 11.8 Å². The van der Waals surface area contributed by atoms with Gasteiger partial charge >= 0.3 is 0 Å². The lowest BCUT2D eigenvalue weighted by molar-refractivity contribution is 0.0454. The molecule has 1 aromatic rings. The third-order valence-corrected chi connectivity index (χ3v) is 3.91. The fourth-order valence-electron chi connectivity index (χ4n) is 2.72. The highest BCUT2D eigenvalue weighted by molar-refractivity contribution is 5.94. The monoisotopic (exact) mass is 248 g/mol. The van der Waals surface area contributed by atoms with Crippen molar-refractivity contribution < 1.29 is 4.79 Å². The lowest BCUT2D eigenvalue weighted by Gasteiger charge is -2.41. The Hall–Kier alpha value is -1.58. The smallest absolute Gasteiger partial charge is 0.259 e. The third kappa shape index (κ3) is 2.33. The number of nitrogens with one attached hydrogen (secondary N) is 1. The second kappa shape index (κ2) is 4.96. The molecule has 0 bridgehead atoms. The molecule has 4 nitrogen and oxygen atoms in total. The van der Waals surface area contributed by atoms with E-state index < -0.39 is 0 Å². The predicted molar refractivity (Wildman–Crippen MR) is 70.5 cm³/mol. The number of carbonyl (C=O) groups is 1. The molecule has 0 radical (unpaired) electrons. The highest BCUT2D eigenvalue weighted by Crippen LogP contribution is 2.27. The van der Waals surface area contributed by atoms with E-state index in [9.17, 15) is 9.59 Å². The van der Waals surface area contributed by atoms with Gasteiger partial charge in [-0.15, -0.1) is 0 Å². The van der Waals surface area contributed by atoms with Crippen LogP contribution >= 0.6 is 0 Å². The third-order valence-electron chi connectivity index (χ3n) is 3.91. The van der Waals surface area contributed by atoms with Gasteiger partial charge in [0.2, 0.25) is 0 Å². The van der Waals surface area contributed by atoms with Gasteiger partial charge in [-0.3, -0.25) is 9.59 Å². The van der Waals surface area contributed by atoms with E-state index in [1.807, 2.05) is 4.90 Å². The zero-order valence-electron chi connectivity index (χ0n) is 11.1. The number of hydrogen-bond acceptors (Lipinski definition) is 2. The molecule has 1 fully saturated rings. The van der Waals surface area contributed by atoms with Crippen molar-refractivity contribution in [1.82, 2.24) is 9.88 Å². The van der Waals surface area contributed by atoms with Crippen molar-refractivity contribution >= 4 is 5.91 Å². The SMILES string of the molecule is CC1CC(C)C(C)N(C(=O)c2c[nH]ccc2=O)C1. The van der Waals surface area contributed by atoms with Crippen LogP contribution in [0.1, 0.15) is 37.6 Å². The Morgan fingerprint density at radius 3 is 2.78 bits per heavy atom. The molecule has 4 heteroatoms. The molecule has 3 unspecified atom stereocenters. The lowest BCUT2D eigenvalue weighted by atomic mass is 9.85. The number of amides is 1. The number of hydrogen-bond donors (Lipinski definition) is 1. The molecule has 1 amide bonds.